The van der Waals surface area contributed by atoms with Crippen molar-refractivity contribution in [3.05, 3.63) is 102 Å². The van der Waals surface area contributed by atoms with Crippen molar-refractivity contribution in [1.29, 1.82) is 5.41 Å². The highest BCUT2D eigenvalue weighted by Crippen LogP contribution is 2.22. The van der Waals surface area contributed by atoms with Crippen LogP contribution in [0.2, 0.25) is 0 Å². The van der Waals surface area contributed by atoms with Gasteiger partial charge in [0.15, 0.2) is 5.96 Å². The lowest BCUT2D eigenvalue weighted by atomic mass is 9.98. The number of aromatic amines is 1. The highest BCUT2D eigenvalue weighted by atomic mass is 16.4. The number of benzene rings is 3. The molecule has 1 aromatic heterocycles. The van der Waals surface area contributed by atoms with Gasteiger partial charge in [0.1, 0.15) is 59.6 Å². The number of carbonyl (C=O) groups is 12. The van der Waals surface area contributed by atoms with E-state index in [2.05, 4.69) is 58.2 Å². The van der Waals surface area contributed by atoms with Crippen molar-refractivity contribution in [2.75, 3.05) is 26.2 Å². The molecule has 11 amide bonds. The van der Waals surface area contributed by atoms with Crippen molar-refractivity contribution < 1.29 is 72.9 Å². The average Bonchev–Trinajstić information content (AvgIpc) is 1.60. The number of aromatic hydroxyl groups is 1. The molecule has 92 heavy (non-hydrogen) atoms. The molecule has 0 aliphatic carbocycles. The highest BCUT2D eigenvalue weighted by molar-refractivity contribution is 6.00. The summed E-state index contributed by atoms with van der Waals surface area (Å²) in [7, 11) is 0. The molecule has 2 fully saturated rings. The summed E-state index contributed by atoms with van der Waals surface area (Å²) in [5.41, 5.74) is 11.2. The number of aliphatic hydroxyl groups is 1. The smallest absolute Gasteiger partial charge is 0.300 e. The molecule has 30 heteroatoms. The second-order valence-electron chi connectivity index (χ2n) is 23.4. The third-order valence-corrected chi connectivity index (χ3v) is 15.0. The summed E-state index contributed by atoms with van der Waals surface area (Å²) in [4.78, 5) is 164. The normalized spacial score (nSPS) is 16.3. The molecule has 0 saturated carbocycles. The predicted octanol–water partition coefficient (Wildman–Crippen LogP) is -2.03. The fourth-order valence-electron chi connectivity index (χ4n) is 10.3. The van der Waals surface area contributed by atoms with Gasteiger partial charge in [0, 0.05) is 62.8 Å². The molecule has 19 N–H and O–H groups in total. The summed E-state index contributed by atoms with van der Waals surface area (Å²) in [6.07, 6.45) is 2.53. The van der Waals surface area contributed by atoms with Crippen molar-refractivity contribution in [2.45, 2.75) is 153 Å². The number of carboxylic acids is 1. The number of hydrogen-bond donors (Lipinski definition) is 17. The number of aromatic nitrogens is 1. The maximum absolute atomic E-state index is 14.6. The van der Waals surface area contributed by atoms with Gasteiger partial charge in [-0.15, -0.1) is 0 Å². The summed E-state index contributed by atoms with van der Waals surface area (Å²) < 4.78 is 0. The maximum atomic E-state index is 14.6. The molecule has 3 heterocycles. The first-order chi connectivity index (χ1) is 43.5. The zero-order valence-electron chi connectivity index (χ0n) is 52.0. The summed E-state index contributed by atoms with van der Waals surface area (Å²) >= 11 is 0. The second-order valence-corrected chi connectivity index (χ2v) is 23.4. The van der Waals surface area contributed by atoms with Crippen LogP contribution in [0, 0.1) is 11.3 Å². The lowest BCUT2D eigenvalue weighted by Gasteiger charge is -2.32. The first kappa shape index (κ1) is 72.6. The fourth-order valence-corrected chi connectivity index (χ4v) is 10.3. The average molecular weight is 1280 g/mol. The molecule has 2 aliphatic rings. The number of fused-ring (bicyclic) bond motifs is 1. The number of para-hydroxylation sites is 1. The van der Waals surface area contributed by atoms with Crippen molar-refractivity contribution >= 4 is 87.8 Å². The summed E-state index contributed by atoms with van der Waals surface area (Å²) in [5.74, 6) is -9.79. The number of phenols is 1. The molecule has 8 atom stereocenters. The lowest BCUT2D eigenvalue weighted by molar-refractivity contribution is -0.142. The second kappa shape index (κ2) is 34.7. The molecule has 0 bridgehead atoms. The topological polar surface area (TPSA) is 481 Å². The summed E-state index contributed by atoms with van der Waals surface area (Å²) in [5, 5.41) is 62.8. The van der Waals surface area contributed by atoms with E-state index in [0.717, 1.165) is 6.92 Å². The van der Waals surface area contributed by atoms with Crippen LogP contribution in [-0.4, -0.2) is 182 Å². The Morgan fingerprint density at radius 1 is 0.696 bits per heavy atom. The van der Waals surface area contributed by atoms with E-state index in [9.17, 15) is 63.0 Å². The van der Waals surface area contributed by atoms with Crippen LogP contribution < -0.4 is 64.6 Å². The molecule has 1 unspecified atom stereocenters. The molecule has 0 radical (unpaired) electrons. The Morgan fingerprint density at radius 2 is 1.26 bits per heavy atom. The van der Waals surface area contributed by atoms with Crippen LogP contribution in [0.3, 0.4) is 0 Å². The van der Waals surface area contributed by atoms with E-state index < -0.39 is 132 Å². The Balaban J connectivity index is 0.00000373. The number of nitrogens with one attached hydrogen (secondary N) is 12. The Hall–Kier alpha value is -10.1. The number of nitrogens with zero attached hydrogens (tertiary/aromatic N) is 1. The molecule has 30 nitrogen and oxygen atoms in total. The largest absolute Gasteiger partial charge is 0.508 e. The Morgan fingerprint density at radius 3 is 1.86 bits per heavy atom. The number of rotatable bonds is 31. The van der Waals surface area contributed by atoms with Crippen molar-refractivity contribution in [3.63, 3.8) is 0 Å². The van der Waals surface area contributed by atoms with Crippen LogP contribution in [0.4, 0.5) is 0 Å². The van der Waals surface area contributed by atoms with Crippen molar-refractivity contribution in [3.8, 4) is 5.75 Å². The first-order valence-corrected chi connectivity index (χ1v) is 30.1. The van der Waals surface area contributed by atoms with Crippen molar-refractivity contribution in [2.24, 2.45) is 17.4 Å². The predicted molar refractivity (Wildman–Crippen MR) is 335 cm³/mol. The molecule has 2 saturated heterocycles. The van der Waals surface area contributed by atoms with Gasteiger partial charge in [0.2, 0.25) is 65.0 Å². The van der Waals surface area contributed by atoms with Crippen LogP contribution in [0.5, 0.6) is 5.75 Å². The van der Waals surface area contributed by atoms with Gasteiger partial charge in [0.25, 0.3) is 5.97 Å². The number of H-pyrrole nitrogens is 1. The number of phenolic OH excluding ortho intramolecular Hbond substituents is 1. The standard InChI is InChI=1S/C60H81N15O13.C2H4O2/c1-33(2)26-42(51(81)68-41(16-10-24-64-59(62)63)57(87)75-25-11-17-47(75)56(86)66-31-48(61)78)73-58(88)60(3,4)74-55(85)44(28-35-18-20-37(77)21-19-35)70-54(84)46(32-76)72-53(83)45(29-36-30-65-39-15-9-8-14-38(36)39)71-52(82)43(27-34-12-6-5-7-13-34)69-50(80)40-22-23-49(79)67-40;1-2(3)4/h5-9,12-15,18-21,30,33,40-47,65,76-77H,10-11,16-17,22-29,31-32H2,1-4H3,(H2,61,78)(H,66,86)(H,67,79)(H,68,81)(H,69,80)(H,70,84)(H,71,82)(H,72,83)(H,73,88)(H,74,85)(H4,62,63,64);1H3,(H,3,4)/t40?,41-,42-,43+,44-,45-,46-,47-;/m0./s1. The van der Waals surface area contributed by atoms with E-state index in [0.29, 0.717) is 34.0 Å². The minimum Gasteiger partial charge on any atom is -0.508 e. The number of aliphatic hydroxyl groups excluding tert-OH is 1. The zero-order valence-corrected chi connectivity index (χ0v) is 52.0. The third-order valence-electron chi connectivity index (χ3n) is 15.0. The summed E-state index contributed by atoms with van der Waals surface area (Å²) in [6, 6.07) is 11.2. The molecule has 2 aliphatic heterocycles. The van der Waals surface area contributed by atoms with Crippen LogP contribution in [0.1, 0.15) is 96.3 Å². The van der Waals surface area contributed by atoms with Gasteiger partial charge in [-0.25, -0.2) is 0 Å². The molecule has 0 spiro atoms. The van der Waals surface area contributed by atoms with E-state index in [-0.39, 0.29) is 94.4 Å². The molecule has 498 valence electrons. The molecule has 3 aromatic carbocycles. The SMILES string of the molecule is CC(=O)O.CC(C)C[C@H](NC(=O)C(C)(C)NC(=O)[C@H](Cc1ccc(O)cc1)NC(=O)[C@H](CO)NC(=O)[C@H](Cc1c[nH]c2ccccc12)NC(=O)[C@@H](Cc1ccccc1)NC(=O)C1CCC(=O)N1)C(=O)N[C@@H](CCCNC(=N)N)C(=O)N1CCC[C@H]1C(=O)NCC(N)=O. The van der Waals surface area contributed by atoms with Crippen LogP contribution in [0.15, 0.2) is 85.1 Å². The monoisotopic (exact) mass is 1280 g/mol. The van der Waals surface area contributed by atoms with Gasteiger partial charge < -0.3 is 89.8 Å². The minimum absolute atomic E-state index is 0.0125. The minimum atomic E-state index is -1.85. The van der Waals surface area contributed by atoms with E-state index in [1.165, 1.54) is 43.0 Å². The van der Waals surface area contributed by atoms with Gasteiger partial charge >= 0.3 is 0 Å². The number of carboxylic acid groups (broad SMARTS) is 1. The van der Waals surface area contributed by atoms with E-state index in [4.69, 9.17) is 26.8 Å². The summed E-state index contributed by atoms with van der Waals surface area (Å²) in [6.45, 7) is 6.19. The highest BCUT2D eigenvalue weighted by Gasteiger charge is 2.41. The van der Waals surface area contributed by atoms with E-state index in [1.807, 2.05) is 6.07 Å². The zero-order chi connectivity index (χ0) is 67.8. The number of likely N-dealkylation sites (tertiary alicyclic amines) is 1. The number of primary amides is 1. The van der Waals surface area contributed by atoms with Crippen LogP contribution in [0.25, 0.3) is 10.9 Å². The molecule has 4 aromatic rings. The quantitative estimate of drug-likeness (QED) is 0.0147. The molecular weight excluding hydrogens is 1190 g/mol. The molecular formula is C62H85N15O15. The number of carbonyl (C=O) groups excluding carboxylic acids is 11. The van der Waals surface area contributed by atoms with Crippen molar-refractivity contribution in [1.82, 2.24) is 63.1 Å². The Labute approximate surface area is 531 Å². The molecule has 6 rings (SSSR count). The number of aliphatic carboxylic acids is 1. The third kappa shape index (κ3) is 22.7. The number of hydrogen-bond acceptors (Lipinski definition) is 15. The van der Waals surface area contributed by atoms with Gasteiger partial charge in [-0.1, -0.05) is 74.5 Å². The lowest BCUT2D eigenvalue weighted by Crippen LogP contribution is -2.64. The first-order valence-electron chi connectivity index (χ1n) is 30.1. The number of nitrogens with two attached hydrogens (primary N) is 2. The van der Waals surface area contributed by atoms with Gasteiger partial charge in [-0.3, -0.25) is 62.9 Å². The van der Waals surface area contributed by atoms with E-state index in [1.54, 1.807) is 68.6 Å². The van der Waals surface area contributed by atoms with Gasteiger partial charge in [0.05, 0.1) is 13.2 Å². The van der Waals surface area contributed by atoms with E-state index >= 15 is 0 Å². The van der Waals surface area contributed by atoms with Crippen LogP contribution >= 0.6 is 0 Å². The van der Waals surface area contributed by atoms with Crippen LogP contribution in [-0.2, 0) is 76.8 Å². The Bertz CT molecular complexity index is 3280. The maximum Gasteiger partial charge on any atom is 0.300 e. The fraction of sp³-hybridized carbons (Fsp3) is 0.468. The van der Waals surface area contributed by atoms with Gasteiger partial charge in [-0.05, 0) is 93.2 Å². The number of guanidine groups is 1. The Kier molecular flexibility index (Phi) is 27.4. The number of amides is 11. The van der Waals surface area contributed by atoms with Gasteiger partial charge in [-0.2, -0.15) is 0 Å².